The van der Waals surface area contributed by atoms with Gasteiger partial charge >= 0.3 is 0 Å². The Morgan fingerprint density at radius 1 is 1.26 bits per heavy atom. The monoisotopic (exact) mass is 370 g/mol. The fourth-order valence-electron chi connectivity index (χ4n) is 2.01. The molecule has 0 radical (unpaired) electrons. The van der Waals surface area contributed by atoms with E-state index >= 15 is 0 Å². The number of aromatic hydroxyl groups is 1. The molecule has 0 heterocycles. The van der Waals surface area contributed by atoms with Gasteiger partial charge in [-0.2, -0.15) is 5.26 Å². The third kappa shape index (κ3) is 4.97. The fraction of sp³-hybridized carbons (Fsp3) is 0.111. The third-order valence-corrected chi connectivity index (χ3v) is 3.69. The molecule has 2 aromatic rings. The van der Waals surface area contributed by atoms with Crippen molar-refractivity contribution in [1.82, 2.24) is 5.32 Å². The van der Waals surface area contributed by atoms with Gasteiger partial charge in [0.2, 0.25) is 0 Å². The second kappa shape index (κ2) is 8.16. The molecule has 23 heavy (non-hydrogen) atoms. The van der Waals surface area contributed by atoms with Gasteiger partial charge in [0.25, 0.3) is 5.91 Å². The van der Waals surface area contributed by atoms with Gasteiger partial charge in [0, 0.05) is 16.6 Å². The number of halogens is 1. The normalized spacial score (nSPS) is 10.9. The lowest BCUT2D eigenvalue weighted by Crippen LogP contribution is -2.26. The van der Waals surface area contributed by atoms with E-state index in [2.05, 4.69) is 21.2 Å². The van der Waals surface area contributed by atoms with Crippen LogP contribution >= 0.6 is 15.9 Å². The van der Waals surface area contributed by atoms with E-state index in [1.54, 1.807) is 12.1 Å². The Kier molecular flexibility index (Phi) is 5.95. The molecular weight excluding hydrogens is 356 g/mol. The molecular formula is C18H15BrN2O2. The van der Waals surface area contributed by atoms with Gasteiger partial charge in [-0.15, -0.1) is 0 Å². The highest BCUT2D eigenvalue weighted by molar-refractivity contribution is 9.10. The van der Waals surface area contributed by atoms with Crippen molar-refractivity contribution in [1.29, 1.82) is 5.26 Å². The van der Waals surface area contributed by atoms with Crippen LogP contribution in [-0.2, 0) is 11.2 Å². The lowest BCUT2D eigenvalue weighted by Gasteiger charge is -2.05. The predicted molar refractivity (Wildman–Crippen MR) is 92.6 cm³/mol. The van der Waals surface area contributed by atoms with E-state index in [1.807, 2.05) is 36.4 Å². The molecule has 2 rings (SSSR count). The minimum Gasteiger partial charge on any atom is -0.507 e. The van der Waals surface area contributed by atoms with Gasteiger partial charge in [-0.1, -0.05) is 46.3 Å². The van der Waals surface area contributed by atoms with Gasteiger partial charge < -0.3 is 10.4 Å². The summed E-state index contributed by atoms with van der Waals surface area (Å²) in [6.07, 6.45) is 2.06. The number of phenols is 1. The quantitative estimate of drug-likeness (QED) is 0.625. The first-order chi connectivity index (χ1) is 11.1. The zero-order chi connectivity index (χ0) is 16.7. The smallest absolute Gasteiger partial charge is 0.261 e. The first-order valence-corrected chi connectivity index (χ1v) is 7.82. The van der Waals surface area contributed by atoms with E-state index in [-0.39, 0.29) is 11.3 Å². The van der Waals surface area contributed by atoms with Gasteiger partial charge in [-0.3, -0.25) is 4.79 Å². The number of benzene rings is 2. The van der Waals surface area contributed by atoms with Crippen molar-refractivity contribution in [2.24, 2.45) is 0 Å². The van der Waals surface area contributed by atoms with Crippen molar-refractivity contribution in [3.63, 3.8) is 0 Å². The van der Waals surface area contributed by atoms with E-state index < -0.39 is 5.91 Å². The highest BCUT2D eigenvalue weighted by Crippen LogP contribution is 2.24. The van der Waals surface area contributed by atoms with Crippen LogP contribution < -0.4 is 5.32 Å². The van der Waals surface area contributed by atoms with Gasteiger partial charge in [-0.05, 0) is 36.3 Å². The summed E-state index contributed by atoms with van der Waals surface area (Å²) >= 11 is 3.29. The number of phenolic OH excluding ortho intramolecular Hbond substituents is 1. The summed E-state index contributed by atoms with van der Waals surface area (Å²) in [5, 5.41) is 21.7. The van der Waals surface area contributed by atoms with Crippen LogP contribution in [0.5, 0.6) is 5.75 Å². The Morgan fingerprint density at radius 3 is 2.70 bits per heavy atom. The molecule has 0 aliphatic carbocycles. The Bertz CT molecular complexity index is 764. The highest BCUT2D eigenvalue weighted by Gasteiger charge is 2.10. The van der Waals surface area contributed by atoms with Gasteiger partial charge in [-0.25, -0.2) is 0 Å². The van der Waals surface area contributed by atoms with E-state index in [4.69, 9.17) is 5.26 Å². The lowest BCUT2D eigenvalue weighted by molar-refractivity contribution is -0.117. The van der Waals surface area contributed by atoms with Crippen LogP contribution in [0.4, 0.5) is 0 Å². The van der Waals surface area contributed by atoms with E-state index in [0.717, 1.165) is 10.0 Å². The molecule has 0 unspecified atom stereocenters. The Morgan fingerprint density at radius 2 is 2.00 bits per heavy atom. The van der Waals surface area contributed by atoms with Gasteiger partial charge in [0.15, 0.2) is 0 Å². The Balaban J connectivity index is 2.02. The Hall–Kier alpha value is -2.58. The topological polar surface area (TPSA) is 73.1 Å². The predicted octanol–water partition coefficient (Wildman–Crippen LogP) is 3.42. The van der Waals surface area contributed by atoms with Crippen molar-refractivity contribution in [3.05, 3.63) is 69.7 Å². The number of carbonyl (C=O) groups is 1. The summed E-state index contributed by atoms with van der Waals surface area (Å²) in [5.41, 5.74) is 1.47. The molecule has 116 valence electrons. The van der Waals surface area contributed by atoms with Crippen molar-refractivity contribution in [2.75, 3.05) is 6.54 Å². The van der Waals surface area contributed by atoms with Crippen LogP contribution in [0.15, 0.2) is 58.6 Å². The fourth-order valence-corrected chi connectivity index (χ4v) is 2.38. The number of hydrogen-bond donors (Lipinski definition) is 2. The number of carbonyl (C=O) groups excluding carboxylic acids is 1. The zero-order valence-electron chi connectivity index (χ0n) is 12.3. The molecule has 2 N–H and O–H groups in total. The van der Waals surface area contributed by atoms with Crippen LogP contribution in [0, 0.1) is 11.3 Å². The minimum absolute atomic E-state index is 0.0121. The minimum atomic E-state index is -0.456. The van der Waals surface area contributed by atoms with Crippen molar-refractivity contribution >= 4 is 27.9 Å². The summed E-state index contributed by atoms with van der Waals surface area (Å²) in [7, 11) is 0. The lowest BCUT2D eigenvalue weighted by atomic mass is 10.1. The number of nitrogens with one attached hydrogen (secondary N) is 1. The second-order valence-corrected chi connectivity index (χ2v) is 5.78. The van der Waals surface area contributed by atoms with E-state index in [0.29, 0.717) is 18.5 Å². The summed E-state index contributed by atoms with van der Waals surface area (Å²) in [5.74, 6) is -0.444. The summed E-state index contributed by atoms with van der Waals surface area (Å²) in [6.45, 7) is 0.437. The molecule has 0 atom stereocenters. The standard InChI is InChI=1S/C18H15BrN2O2/c19-16-6-7-17(22)14(11-16)10-15(12-20)18(23)21-9-8-13-4-2-1-3-5-13/h1-7,10-11,22H,8-9H2,(H,21,23)/b15-10+. The second-order valence-electron chi connectivity index (χ2n) is 4.86. The van der Waals surface area contributed by atoms with Crippen LogP contribution in [0.1, 0.15) is 11.1 Å². The first-order valence-electron chi connectivity index (χ1n) is 7.02. The van der Waals surface area contributed by atoms with Crippen LogP contribution in [-0.4, -0.2) is 17.6 Å². The van der Waals surface area contributed by atoms with Crippen molar-refractivity contribution in [2.45, 2.75) is 6.42 Å². The van der Waals surface area contributed by atoms with Gasteiger partial charge in [0.05, 0.1) is 0 Å². The van der Waals surface area contributed by atoms with E-state index in [9.17, 15) is 9.90 Å². The maximum atomic E-state index is 12.1. The van der Waals surface area contributed by atoms with Crippen LogP contribution in [0.3, 0.4) is 0 Å². The first kappa shape index (κ1) is 16.8. The number of hydrogen-bond acceptors (Lipinski definition) is 3. The SMILES string of the molecule is N#C/C(=C\c1cc(Br)ccc1O)C(=O)NCCc1ccccc1. The number of nitriles is 1. The zero-order valence-corrected chi connectivity index (χ0v) is 13.9. The molecule has 0 aromatic heterocycles. The number of rotatable bonds is 5. The van der Waals surface area contributed by atoms with Crippen molar-refractivity contribution in [3.8, 4) is 11.8 Å². The number of amides is 1. The largest absolute Gasteiger partial charge is 0.507 e. The molecule has 0 spiro atoms. The summed E-state index contributed by atoms with van der Waals surface area (Å²) < 4.78 is 0.753. The molecule has 0 saturated carbocycles. The molecule has 5 heteroatoms. The molecule has 0 saturated heterocycles. The average molecular weight is 371 g/mol. The molecule has 0 bridgehead atoms. The highest BCUT2D eigenvalue weighted by atomic mass is 79.9. The average Bonchev–Trinajstić information content (AvgIpc) is 2.56. The number of nitrogens with zero attached hydrogens (tertiary/aromatic N) is 1. The molecule has 0 aliphatic heterocycles. The van der Waals surface area contributed by atoms with Crippen LogP contribution in [0.2, 0.25) is 0 Å². The van der Waals surface area contributed by atoms with E-state index in [1.165, 1.54) is 12.1 Å². The van der Waals surface area contributed by atoms with Crippen molar-refractivity contribution < 1.29 is 9.90 Å². The van der Waals surface area contributed by atoms with Gasteiger partial charge in [0.1, 0.15) is 17.4 Å². The summed E-state index contributed by atoms with van der Waals surface area (Å²) in [6, 6.07) is 16.5. The molecule has 4 nitrogen and oxygen atoms in total. The molecule has 2 aromatic carbocycles. The van der Waals surface area contributed by atoms with Crippen LogP contribution in [0.25, 0.3) is 6.08 Å². The molecule has 0 aliphatic rings. The molecule has 0 fully saturated rings. The third-order valence-electron chi connectivity index (χ3n) is 3.20. The maximum absolute atomic E-state index is 12.1. The Labute approximate surface area is 143 Å². The maximum Gasteiger partial charge on any atom is 0.261 e. The molecule has 1 amide bonds. The summed E-state index contributed by atoms with van der Waals surface area (Å²) in [4.78, 5) is 12.1.